The van der Waals surface area contributed by atoms with Gasteiger partial charge in [0.05, 0.1) is 7.11 Å². The fraction of sp³-hybridized carbons (Fsp3) is 0.440. The molecule has 2 amide bonds. The van der Waals surface area contributed by atoms with Gasteiger partial charge in [0.15, 0.2) is 0 Å². The first kappa shape index (κ1) is 23.5. The predicted molar refractivity (Wildman–Crippen MR) is 120 cm³/mol. The molecule has 30 heavy (non-hydrogen) atoms. The zero-order valence-electron chi connectivity index (χ0n) is 18.4. The predicted octanol–water partition coefficient (Wildman–Crippen LogP) is 4.35. The van der Waals surface area contributed by atoms with E-state index in [-0.39, 0.29) is 11.8 Å². The molecule has 0 fully saturated rings. The number of methoxy groups -OCH3 is 1. The van der Waals surface area contributed by atoms with Crippen molar-refractivity contribution in [2.75, 3.05) is 13.7 Å². The van der Waals surface area contributed by atoms with E-state index in [0.29, 0.717) is 25.9 Å². The van der Waals surface area contributed by atoms with Gasteiger partial charge in [0.25, 0.3) is 0 Å². The first-order valence-electron chi connectivity index (χ1n) is 10.8. The van der Waals surface area contributed by atoms with Crippen molar-refractivity contribution in [3.8, 4) is 5.75 Å². The Kier molecular flexibility index (Phi) is 9.92. The van der Waals surface area contributed by atoms with Crippen LogP contribution in [0, 0.1) is 0 Å². The minimum absolute atomic E-state index is 0.00751. The van der Waals surface area contributed by atoms with Crippen molar-refractivity contribution in [3.05, 3.63) is 65.7 Å². The molecule has 0 aromatic heterocycles. The van der Waals surface area contributed by atoms with Crippen molar-refractivity contribution in [1.82, 2.24) is 10.2 Å². The van der Waals surface area contributed by atoms with Gasteiger partial charge >= 0.3 is 0 Å². The van der Waals surface area contributed by atoms with Crippen molar-refractivity contribution in [1.29, 1.82) is 0 Å². The van der Waals surface area contributed by atoms with Crippen molar-refractivity contribution in [2.45, 2.75) is 58.5 Å². The van der Waals surface area contributed by atoms with Crippen molar-refractivity contribution in [2.24, 2.45) is 0 Å². The van der Waals surface area contributed by atoms with Crippen molar-refractivity contribution >= 4 is 11.8 Å². The lowest BCUT2D eigenvalue weighted by Crippen LogP contribution is -2.50. The third-order valence-corrected chi connectivity index (χ3v) is 5.05. The largest absolute Gasteiger partial charge is 0.497 e. The van der Waals surface area contributed by atoms with E-state index in [9.17, 15) is 9.59 Å². The number of amides is 2. The third kappa shape index (κ3) is 7.21. The van der Waals surface area contributed by atoms with Crippen LogP contribution < -0.4 is 10.1 Å². The molecule has 0 aliphatic heterocycles. The molecule has 0 bridgehead atoms. The van der Waals surface area contributed by atoms with E-state index in [1.54, 1.807) is 12.0 Å². The Morgan fingerprint density at radius 2 is 1.73 bits per heavy atom. The molecular weight excluding hydrogens is 376 g/mol. The van der Waals surface area contributed by atoms with Crippen LogP contribution in [0.5, 0.6) is 5.75 Å². The molecule has 2 rings (SSSR count). The van der Waals surface area contributed by atoms with Crippen LogP contribution in [0.1, 0.15) is 50.7 Å². The van der Waals surface area contributed by atoms with Gasteiger partial charge < -0.3 is 15.0 Å². The van der Waals surface area contributed by atoms with E-state index in [2.05, 4.69) is 12.2 Å². The molecule has 0 spiro atoms. The average Bonchev–Trinajstić information content (AvgIpc) is 2.77. The fourth-order valence-electron chi connectivity index (χ4n) is 3.39. The lowest BCUT2D eigenvalue weighted by atomic mass is 10.0. The van der Waals surface area contributed by atoms with Crippen LogP contribution in [-0.2, 0) is 22.6 Å². The Balaban J connectivity index is 2.33. The summed E-state index contributed by atoms with van der Waals surface area (Å²) in [5.74, 6) is 0.633. The number of nitrogens with one attached hydrogen (secondary N) is 1. The van der Waals surface area contributed by atoms with Gasteiger partial charge in [-0.25, -0.2) is 0 Å². The zero-order chi connectivity index (χ0) is 21.8. The smallest absolute Gasteiger partial charge is 0.243 e. The maximum atomic E-state index is 13.2. The molecule has 5 nitrogen and oxygen atoms in total. The van der Waals surface area contributed by atoms with E-state index in [1.165, 1.54) is 0 Å². The molecule has 0 aliphatic carbocycles. The maximum absolute atomic E-state index is 13.2. The SMILES string of the molecule is CCCCNC(=O)[C@@H](Cc1ccccc1)N(Cc1cccc(OC)c1)C(=O)CCC. The van der Waals surface area contributed by atoms with Crippen LogP contribution in [0.2, 0.25) is 0 Å². The first-order valence-corrected chi connectivity index (χ1v) is 10.8. The monoisotopic (exact) mass is 410 g/mol. The molecule has 2 aromatic carbocycles. The number of carbonyl (C=O) groups excluding carboxylic acids is 2. The highest BCUT2D eigenvalue weighted by Gasteiger charge is 2.29. The lowest BCUT2D eigenvalue weighted by Gasteiger charge is -2.31. The molecular formula is C25H34N2O3. The normalized spacial score (nSPS) is 11.6. The van der Waals surface area contributed by atoms with Gasteiger partial charge in [-0.05, 0) is 36.1 Å². The Morgan fingerprint density at radius 3 is 2.40 bits per heavy atom. The molecule has 0 saturated carbocycles. The number of hydrogen-bond donors (Lipinski definition) is 1. The average molecular weight is 411 g/mol. The van der Waals surface area contributed by atoms with E-state index in [0.717, 1.165) is 36.1 Å². The Hall–Kier alpha value is -2.82. The second-order valence-electron chi connectivity index (χ2n) is 7.47. The van der Waals surface area contributed by atoms with E-state index < -0.39 is 6.04 Å². The summed E-state index contributed by atoms with van der Waals surface area (Å²) < 4.78 is 5.33. The Labute approximate surface area is 180 Å². The van der Waals surface area contributed by atoms with Gasteiger partial charge in [0, 0.05) is 25.9 Å². The summed E-state index contributed by atoms with van der Waals surface area (Å²) in [6.45, 7) is 5.06. The van der Waals surface area contributed by atoms with Crippen LogP contribution in [-0.4, -0.2) is 36.4 Å². The molecule has 0 radical (unpaired) electrons. The summed E-state index contributed by atoms with van der Waals surface area (Å²) in [6.07, 6.45) is 3.56. The van der Waals surface area contributed by atoms with Crippen LogP contribution in [0.15, 0.2) is 54.6 Å². The first-order chi connectivity index (χ1) is 14.6. The Bertz CT molecular complexity index is 792. The minimum atomic E-state index is -0.561. The Morgan fingerprint density at radius 1 is 1.00 bits per heavy atom. The van der Waals surface area contributed by atoms with Gasteiger partial charge in [-0.3, -0.25) is 9.59 Å². The molecule has 0 aliphatic rings. The number of carbonyl (C=O) groups is 2. The number of benzene rings is 2. The van der Waals surface area contributed by atoms with Crippen molar-refractivity contribution in [3.63, 3.8) is 0 Å². The highest BCUT2D eigenvalue weighted by Crippen LogP contribution is 2.19. The minimum Gasteiger partial charge on any atom is -0.497 e. The lowest BCUT2D eigenvalue weighted by molar-refractivity contribution is -0.141. The summed E-state index contributed by atoms with van der Waals surface area (Å²) in [6, 6.07) is 17.0. The molecule has 0 saturated heterocycles. The quantitative estimate of drug-likeness (QED) is 0.529. The van der Waals surface area contributed by atoms with Crippen molar-refractivity contribution < 1.29 is 14.3 Å². The third-order valence-electron chi connectivity index (χ3n) is 5.05. The van der Waals surface area contributed by atoms with Gasteiger partial charge in [0.1, 0.15) is 11.8 Å². The molecule has 5 heteroatoms. The number of unbranched alkanes of at least 4 members (excludes halogenated alkanes) is 1. The molecule has 1 atom stereocenters. The number of nitrogens with zero attached hydrogens (tertiary/aromatic N) is 1. The molecule has 1 N–H and O–H groups in total. The van der Waals surface area contributed by atoms with Gasteiger partial charge in [-0.15, -0.1) is 0 Å². The summed E-state index contributed by atoms with van der Waals surface area (Å²) in [5.41, 5.74) is 1.98. The van der Waals surface area contributed by atoms with E-state index in [1.807, 2.05) is 61.5 Å². The van der Waals surface area contributed by atoms with Crippen LogP contribution in [0.3, 0.4) is 0 Å². The van der Waals surface area contributed by atoms with Gasteiger partial charge in [-0.1, -0.05) is 62.7 Å². The zero-order valence-corrected chi connectivity index (χ0v) is 18.4. The van der Waals surface area contributed by atoms with Gasteiger partial charge in [0.2, 0.25) is 11.8 Å². The summed E-state index contributed by atoms with van der Waals surface area (Å²) in [4.78, 5) is 28.0. The summed E-state index contributed by atoms with van der Waals surface area (Å²) in [7, 11) is 1.62. The molecule has 162 valence electrons. The number of rotatable bonds is 12. The molecule has 2 aromatic rings. The van der Waals surface area contributed by atoms with E-state index >= 15 is 0 Å². The highest BCUT2D eigenvalue weighted by molar-refractivity contribution is 5.88. The standard InChI is InChI=1S/C25H34N2O3/c1-4-6-16-26-25(29)23(18-20-12-8-7-9-13-20)27(24(28)11-5-2)19-21-14-10-15-22(17-21)30-3/h7-10,12-15,17,23H,4-6,11,16,18-19H2,1-3H3,(H,26,29)/t23-/m1/s1. The summed E-state index contributed by atoms with van der Waals surface area (Å²) in [5, 5.41) is 3.03. The maximum Gasteiger partial charge on any atom is 0.243 e. The number of ether oxygens (including phenoxy) is 1. The molecule has 0 unspecified atom stereocenters. The second-order valence-corrected chi connectivity index (χ2v) is 7.47. The van der Waals surface area contributed by atoms with Crippen LogP contribution >= 0.6 is 0 Å². The summed E-state index contributed by atoms with van der Waals surface area (Å²) >= 11 is 0. The van der Waals surface area contributed by atoms with Crippen LogP contribution in [0.25, 0.3) is 0 Å². The second kappa shape index (κ2) is 12.7. The topological polar surface area (TPSA) is 58.6 Å². The van der Waals surface area contributed by atoms with Gasteiger partial charge in [-0.2, -0.15) is 0 Å². The highest BCUT2D eigenvalue weighted by atomic mass is 16.5. The molecule has 0 heterocycles. The number of hydrogen-bond acceptors (Lipinski definition) is 3. The van der Waals surface area contributed by atoms with E-state index in [4.69, 9.17) is 4.74 Å². The fourth-order valence-corrected chi connectivity index (χ4v) is 3.39. The van der Waals surface area contributed by atoms with Crippen LogP contribution in [0.4, 0.5) is 0 Å².